The van der Waals surface area contributed by atoms with E-state index in [2.05, 4.69) is 11.4 Å². The minimum Gasteiger partial charge on any atom is -0.497 e. The number of methoxy groups -OCH3 is 2. The number of ether oxygens (including phenoxy) is 3. The maximum atomic E-state index is 11.6. The maximum absolute atomic E-state index is 11.6. The van der Waals surface area contributed by atoms with Gasteiger partial charge in [-0.2, -0.15) is 5.26 Å². The molecule has 0 fully saturated rings. The summed E-state index contributed by atoms with van der Waals surface area (Å²) in [5.74, 6) is 0.701. The molecule has 0 aliphatic heterocycles. The van der Waals surface area contributed by atoms with Crippen molar-refractivity contribution in [3.63, 3.8) is 0 Å². The van der Waals surface area contributed by atoms with E-state index in [1.54, 1.807) is 33.3 Å². The molecule has 0 aliphatic carbocycles. The first-order chi connectivity index (χ1) is 13.6. The first kappa shape index (κ1) is 19.3. The smallest absolute Gasteiger partial charge is 0.411 e. The van der Waals surface area contributed by atoms with E-state index in [4.69, 9.17) is 14.2 Å². The molecule has 144 valence electrons. The van der Waals surface area contributed by atoms with Crippen LogP contribution in [0.3, 0.4) is 0 Å². The van der Waals surface area contributed by atoms with E-state index in [0.29, 0.717) is 23.6 Å². The van der Waals surface area contributed by atoms with E-state index in [0.717, 1.165) is 22.2 Å². The molecule has 7 heteroatoms. The molecular weight excluding hydrogens is 358 g/mol. The normalized spacial score (nSPS) is 10.5. The lowest BCUT2D eigenvalue weighted by atomic mass is 10.1. The van der Waals surface area contributed by atoms with Gasteiger partial charge in [0, 0.05) is 24.2 Å². The van der Waals surface area contributed by atoms with E-state index in [9.17, 15) is 10.1 Å². The largest absolute Gasteiger partial charge is 0.497 e. The number of rotatable bonds is 6. The Kier molecular flexibility index (Phi) is 5.82. The van der Waals surface area contributed by atoms with Crippen molar-refractivity contribution in [2.45, 2.75) is 13.7 Å². The molecule has 0 atom stereocenters. The van der Waals surface area contributed by atoms with Gasteiger partial charge in [0.05, 0.1) is 30.5 Å². The highest BCUT2D eigenvalue weighted by molar-refractivity contribution is 5.95. The monoisotopic (exact) mass is 379 g/mol. The predicted octanol–water partition coefficient (Wildman–Crippen LogP) is 4.36. The van der Waals surface area contributed by atoms with Gasteiger partial charge in [0.2, 0.25) is 0 Å². The Morgan fingerprint density at radius 2 is 1.93 bits per heavy atom. The molecule has 3 aromatic rings. The number of carbonyl (C=O) groups excluding carboxylic acids is 1. The molecule has 0 saturated heterocycles. The van der Waals surface area contributed by atoms with Crippen LogP contribution < -0.4 is 10.1 Å². The Morgan fingerprint density at radius 3 is 2.54 bits per heavy atom. The van der Waals surface area contributed by atoms with Crippen LogP contribution in [0.4, 0.5) is 10.5 Å². The van der Waals surface area contributed by atoms with Gasteiger partial charge in [-0.15, -0.1) is 0 Å². The SMILES string of the molecule is CCOC(=O)Nc1ccc(-c2c(C#N)c3ccc(OC)cc3n2COC)cc1. The molecule has 1 N–H and O–H groups in total. The van der Waals surface area contributed by atoms with Crippen molar-refractivity contribution in [1.82, 2.24) is 4.57 Å². The number of nitrogens with one attached hydrogen (secondary N) is 1. The van der Waals surface area contributed by atoms with Crippen molar-refractivity contribution in [2.75, 3.05) is 26.1 Å². The molecular formula is C21H21N3O4. The van der Waals surface area contributed by atoms with Crippen LogP contribution in [0.5, 0.6) is 5.75 Å². The van der Waals surface area contributed by atoms with Gasteiger partial charge in [-0.25, -0.2) is 4.79 Å². The van der Waals surface area contributed by atoms with Crippen LogP contribution in [0.1, 0.15) is 12.5 Å². The molecule has 0 unspecified atom stereocenters. The standard InChI is InChI=1S/C21H21N3O4/c1-4-28-21(25)23-15-7-5-14(6-8-15)20-18(12-22)17-10-9-16(27-3)11-19(17)24(20)13-26-2/h5-11H,4,13H2,1-3H3,(H,23,25). The molecule has 0 radical (unpaired) electrons. The number of amides is 1. The van der Waals surface area contributed by atoms with Crippen molar-refractivity contribution in [3.05, 3.63) is 48.0 Å². The summed E-state index contributed by atoms with van der Waals surface area (Å²) in [7, 11) is 3.21. The average Bonchev–Trinajstić information content (AvgIpc) is 3.01. The van der Waals surface area contributed by atoms with Crippen LogP contribution in [0.2, 0.25) is 0 Å². The Balaban J connectivity index is 2.10. The summed E-state index contributed by atoms with van der Waals surface area (Å²) in [6.45, 7) is 2.33. The zero-order chi connectivity index (χ0) is 20.1. The summed E-state index contributed by atoms with van der Waals surface area (Å²) in [6.07, 6.45) is -0.506. The van der Waals surface area contributed by atoms with Crippen molar-refractivity contribution < 1.29 is 19.0 Å². The predicted molar refractivity (Wildman–Crippen MR) is 106 cm³/mol. The number of nitrogens with zero attached hydrogens (tertiary/aromatic N) is 2. The second-order valence-electron chi connectivity index (χ2n) is 5.99. The highest BCUT2D eigenvalue weighted by Gasteiger charge is 2.19. The summed E-state index contributed by atoms with van der Waals surface area (Å²) < 4.78 is 17.5. The number of hydrogen-bond donors (Lipinski definition) is 1. The first-order valence-corrected chi connectivity index (χ1v) is 8.76. The third-order valence-corrected chi connectivity index (χ3v) is 4.32. The number of benzene rings is 2. The van der Waals surface area contributed by atoms with Gasteiger partial charge in [-0.1, -0.05) is 12.1 Å². The lowest BCUT2D eigenvalue weighted by molar-refractivity contribution is 0.136. The molecule has 2 aromatic carbocycles. The molecule has 0 bridgehead atoms. The number of anilines is 1. The average molecular weight is 379 g/mol. The molecule has 0 aliphatic rings. The fourth-order valence-corrected chi connectivity index (χ4v) is 3.13. The van der Waals surface area contributed by atoms with Gasteiger partial charge in [0.15, 0.2) is 0 Å². The molecule has 3 rings (SSSR count). The van der Waals surface area contributed by atoms with Crippen LogP contribution >= 0.6 is 0 Å². The fourth-order valence-electron chi connectivity index (χ4n) is 3.13. The number of fused-ring (bicyclic) bond motifs is 1. The van der Waals surface area contributed by atoms with Crippen molar-refractivity contribution >= 4 is 22.7 Å². The number of carbonyl (C=O) groups is 1. The summed E-state index contributed by atoms with van der Waals surface area (Å²) in [5.41, 5.74) is 3.59. The second kappa shape index (κ2) is 8.46. The minimum atomic E-state index is -0.506. The van der Waals surface area contributed by atoms with Crippen LogP contribution in [0.25, 0.3) is 22.2 Å². The second-order valence-corrected chi connectivity index (χ2v) is 5.99. The van der Waals surface area contributed by atoms with Crippen LogP contribution in [0, 0.1) is 11.3 Å². The molecule has 0 saturated carbocycles. The number of hydrogen-bond acceptors (Lipinski definition) is 5. The molecule has 28 heavy (non-hydrogen) atoms. The molecule has 1 heterocycles. The molecule has 7 nitrogen and oxygen atoms in total. The van der Waals surface area contributed by atoms with E-state index in [1.165, 1.54) is 0 Å². The lowest BCUT2D eigenvalue weighted by Crippen LogP contribution is -2.13. The van der Waals surface area contributed by atoms with Gasteiger partial charge in [-0.3, -0.25) is 5.32 Å². The zero-order valence-electron chi connectivity index (χ0n) is 16.0. The van der Waals surface area contributed by atoms with E-state index >= 15 is 0 Å². The zero-order valence-corrected chi connectivity index (χ0v) is 16.0. The Bertz CT molecular complexity index is 1030. The summed E-state index contributed by atoms with van der Waals surface area (Å²) in [4.78, 5) is 11.6. The third-order valence-electron chi connectivity index (χ3n) is 4.32. The fraction of sp³-hybridized carbons (Fsp3) is 0.238. The van der Waals surface area contributed by atoms with Crippen LogP contribution in [-0.2, 0) is 16.2 Å². The summed E-state index contributed by atoms with van der Waals surface area (Å²) in [6, 6.07) is 15.1. The highest BCUT2D eigenvalue weighted by Crippen LogP contribution is 2.35. The first-order valence-electron chi connectivity index (χ1n) is 8.76. The van der Waals surface area contributed by atoms with Crippen molar-refractivity contribution in [3.8, 4) is 23.1 Å². The molecule has 1 aromatic heterocycles. The van der Waals surface area contributed by atoms with Crippen LogP contribution in [-0.4, -0.2) is 31.5 Å². The Labute approximate surface area is 163 Å². The van der Waals surface area contributed by atoms with Gasteiger partial charge in [-0.05, 0) is 36.8 Å². The van der Waals surface area contributed by atoms with E-state index < -0.39 is 6.09 Å². The quantitative estimate of drug-likeness (QED) is 0.688. The van der Waals surface area contributed by atoms with Gasteiger partial charge < -0.3 is 18.8 Å². The third kappa shape index (κ3) is 3.63. The topological polar surface area (TPSA) is 85.5 Å². The van der Waals surface area contributed by atoms with Crippen molar-refractivity contribution in [1.29, 1.82) is 5.26 Å². The maximum Gasteiger partial charge on any atom is 0.411 e. The van der Waals surface area contributed by atoms with Gasteiger partial charge in [0.1, 0.15) is 18.5 Å². The van der Waals surface area contributed by atoms with Gasteiger partial charge >= 0.3 is 6.09 Å². The molecule has 1 amide bonds. The molecule has 0 spiro atoms. The summed E-state index contributed by atoms with van der Waals surface area (Å²) in [5, 5.41) is 13.3. The number of nitriles is 1. The van der Waals surface area contributed by atoms with E-state index in [-0.39, 0.29) is 6.73 Å². The highest BCUT2D eigenvalue weighted by atomic mass is 16.5. The van der Waals surface area contributed by atoms with Crippen LogP contribution in [0.15, 0.2) is 42.5 Å². The Hall–Kier alpha value is -3.50. The van der Waals surface area contributed by atoms with E-state index in [1.807, 2.05) is 34.9 Å². The Morgan fingerprint density at radius 1 is 1.18 bits per heavy atom. The minimum absolute atomic E-state index is 0.281. The lowest BCUT2D eigenvalue weighted by Gasteiger charge is -2.11. The van der Waals surface area contributed by atoms with Gasteiger partial charge in [0.25, 0.3) is 0 Å². The number of aromatic nitrogens is 1. The van der Waals surface area contributed by atoms with Crippen molar-refractivity contribution in [2.24, 2.45) is 0 Å². The summed E-state index contributed by atoms with van der Waals surface area (Å²) >= 11 is 0.